The number of benzene rings is 1. The molecule has 1 aromatic heterocycles. The van der Waals surface area contributed by atoms with Gasteiger partial charge in [0, 0.05) is 24.3 Å². The van der Waals surface area contributed by atoms with Gasteiger partial charge in [0.1, 0.15) is 0 Å². The van der Waals surface area contributed by atoms with E-state index in [1.54, 1.807) is 0 Å². The molecule has 1 aliphatic rings. The Labute approximate surface area is 108 Å². The van der Waals surface area contributed by atoms with Crippen molar-refractivity contribution in [1.29, 1.82) is 0 Å². The van der Waals surface area contributed by atoms with Gasteiger partial charge >= 0.3 is 0 Å². The van der Waals surface area contributed by atoms with Crippen molar-refractivity contribution in [3.05, 3.63) is 48.3 Å². The first-order valence-corrected chi connectivity index (χ1v) is 6.63. The molecule has 1 saturated carbocycles. The van der Waals surface area contributed by atoms with Crippen molar-refractivity contribution in [1.82, 2.24) is 15.1 Å². The summed E-state index contributed by atoms with van der Waals surface area (Å²) in [5.74, 6) is 0.898. The van der Waals surface area contributed by atoms with E-state index in [0.29, 0.717) is 6.04 Å². The molecule has 0 amide bonds. The van der Waals surface area contributed by atoms with Gasteiger partial charge in [-0.3, -0.25) is 0 Å². The normalized spacial score (nSPS) is 22.7. The number of para-hydroxylation sites is 1. The van der Waals surface area contributed by atoms with E-state index in [-0.39, 0.29) is 0 Å². The van der Waals surface area contributed by atoms with Crippen LogP contribution < -0.4 is 5.32 Å². The zero-order valence-electron chi connectivity index (χ0n) is 10.7. The maximum absolute atomic E-state index is 4.40. The zero-order chi connectivity index (χ0) is 12.4. The number of hydrogen-bond donors (Lipinski definition) is 1. The first-order chi connectivity index (χ1) is 8.81. The summed E-state index contributed by atoms with van der Waals surface area (Å²) in [5, 5.41) is 7.98. The Morgan fingerprint density at radius 3 is 2.78 bits per heavy atom. The van der Waals surface area contributed by atoms with E-state index in [0.717, 1.165) is 18.2 Å². The molecule has 1 aliphatic carbocycles. The van der Waals surface area contributed by atoms with Crippen LogP contribution in [0, 0.1) is 5.92 Å². The fourth-order valence-corrected chi connectivity index (χ4v) is 2.50. The van der Waals surface area contributed by atoms with Crippen LogP contribution in [0.15, 0.2) is 42.7 Å². The molecule has 0 aliphatic heterocycles. The van der Waals surface area contributed by atoms with Gasteiger partial charge < -0.3 is 5.32 Å². The molecule has 1 fully saturated rings. The average molecular weight is 241 g/mol. The van der Waals surface area contributed by atoms with Crippen molar-refractivity contribution in [2.45, 2.75) is 32.4 Å². The first kappa shape index (κ1) is 11.5. The quantitative estimate of drug-likeness (QED) is 0.892. The molecule has 0 atom stereocenters. The summed E-state index contributed by atoms with van der Waals surface area (Å²) in [4.78, 5) is 0. The smallest absolute Gasteiger partial charge is 0.0645 e. The molecule has 1 heterocycles. The zero-order valence-corrected chi connectivity index (χ0v) is 10.7. The van der Waals surface area contributed by atoms with Gasteiger partial charge in [0.05, 0.1) is 11.9 Å². The molecule has 2 aromatic rings. The number of hydrogen-bond acceptors (Lipinski definition) is 2. The predicted octanol–water partition coefficient (Wildman–Crippen LogP) is 2.76. The minimum Gasteiger partial charge on any atom is -0.310 e. The highest BCUT2D eigenvalue weighted by Gasteiger charge is 2.24. The lowest BCUT2D eigenvalue weighted by Crippen LogP contribution is -2.39. The largest absolute Gasteiger partial charge is 0.310 e. The van der Waals surface area contributed by atoms with Crippen molar-refractivity contribution in [3.63, 3.8) is 0 Å². The van der Waals surface area contributed by atoms with Crippen LogP contribution in [0.3, 0.4) is 0 Å². The summed E-state index contributed by atoms with van der Waals surface area (Å²) >= 11 is 0. The van der Waals surface area contributed by atoms with E-state index in [2.05, 4.69) is 35.7 Å². The minimum atomic E-state index is 0.708. The van der Waals surface area contributed by atoms with Crippen molar-refractivity contribution in [3.8, 4) is 5.69 Å². The number of nitrogens with zero attached hydrogens (tertiary/aromatic N) is 2. The summed E-state index contributed by atoms with van der Waals surface area (Å²) in [6.45, 7) is 3.23. The highest BCUT2D eigenvalue weighted by molar-refractivity contribution is 5.30. The van der Waals surface area contributed by atoms with Crippen LogP contribution in [-0.4, -0.2) is 15.8 Å². The Balaban J connectivity index is 1.60. The average Bonchev–Trinajstić information content (AvgIpc) is 2.83. The van der Waals surface area contributed by atoms with Crippen LogP contribution in [0.1, 0.15) is 25.3 Å². The van der Waals surface area contributed by atoms with Crippen LogP contribution in [0.25, 0.3) is 5.69 Å². The van der Waals surface area contributed by atoms with Gasteiger partial charge in [0.2, 0.25) is 0 Å². The van der Waals surface area contributed by atoms with Crippen LogP contribution >= 0.6 is 0 Å². The van der Waals surface area contributed by atoms with Crippen molar-refractivity contribution < 1.29 is 0 Å². The van der Waals surface area contributed by atoms with Gasteiger partial charge in [-0.15, -0.1) is 0 Å². The van der Waals surface area contributed by atoms with Gasteiger partial charge in [-0.1, -0.05) is 25.1 Å². The fourth-order valence-electron chi connectivity index (χ4n) is 2.50. The molecule has 0 bridgehead atoms. The highest BCUT2D eigenvalue weighted by Crippen LogP contribution is 2.26. The topological polar surface area (TPSA) is 29.9 Å². The number of rotatable bonds is 4. The van der Waals surface area contributed by atoms with E-state index >= 15 is 0 Å². The Morgan fingerprint density at radius 2 is 2.06 bits per heavy atom. The Hall–Kier alpha value is -1.61. The summed E-state index contributed by atoms with van der Waals surface area (Å²) < 4.78 is 1.93. The molecule has 1 aromatic carbocycles. The maximum Gasteiger partial charge on any atom is 0.0645 e. The Kier molecular flexibility index (Phi) is 3.15. The molecule has 3 nitrogen and oxygen atoms in total. The SMILES string of the molecule is CC1CC(NCc2cnn(-c3ccccc3)c2)C1. The maximum atomic E-state index is 4.40. The molecule has 1 N–H and O–H groups in total. The molecule has 3 rings (SSSR count). The van der Waals surface area contributed by atoms with Gasteiger partial charge in [-0.2, -0.15) is 5.10 Å². The van der Waals surface area contributed by atoms with Gasteiger partial charge in [-0.25, -0.2) is 4.68 Å². The molecule has 0 spiro atoms. The summed E-state index contributed by atoms with van der Waals surface area (Å²) in [7, 11) is 0. The van der Waals surface area contributed by atoms with Crippen molar-refractivity contribution in [2.75, 3.05) is 0 Å². The van der Waals surface area contributed by atoms with Crippen LogP contribution in [0.5, 0.6) is 0 Å². The van der Waals surface area contributed by atoms with Gasteiger partial charge in [0.25, 0.3) is 0 Å². The third kappa shape index (κ3) is 2.46. The second-order valence-corrected chi connectivity index (χ2v) is 5.28. The van der Waals surface area contributed by atoms with Crippen LogP contribution in [0.4, 0.5) is 0 Å². The minimum absolute atomic E-state index is 0.708. The summed E-state index contributed by atoms with van der Waals surface area (Å²) in [6, 6.07) is 10.9. The van der Waals surface area contributed by atoms with Crippen molar-refractivity contribution >= 4 is 0 Å². The Bertz CT molecular complexity index is 497. The lowest BCUT2D eigenvalue weighted by molar-refractivity contribution is 0.240. The lowest BCUT2D eigenvalue weighted by Gasteiger charge is -2.33. The van der Waals surface area contributed by atoms with Gasteiger partial charge in [0.15, 0.2) is 0 Å². The first-order valence-electron chi connectivity index (χ1n) is 6.63. The molecular weight excluding hydrogens is 222 g/mol. The van der Waals surface area contributed by atoms with Gasteiger partial charge in [-0.05, 0) is 30.9 Å². The molecular formula is C15H19N3. The van der Waals surface area contributed by atoms with E-state index < -0.39 is 0 Å². The molecule has 18 heavy (non-hydrogen) atoms. The number of nitrogens with one attached hydrogen (secondary N) is 1. The summed E-state index contributed by atoms with van der Waals surface area (Å²) in [6.07, 6.45) is 6.67. The molecule has 0 radical (unpaired) electrons. The van der Waals surface area contributed by atoms with Crippen LogP contribution in [-0.2, 0) is 6.54 Å². The third-order valence-corrected chi connectivity index (χ3v) is 3.63. The van der Waals surface area contributed by atoms with Crippen LogP contribution in [0.2, 0.25) is 0 Å². The highest BCUT2D eigenvalue weighted by atomic mass is 15.3. The third-order valence-electron chi connectivity index (χ3n) is 3.63. The molecule has 3 heteroatoms. The predicted molar refractivity (Wildman–Crippen MR) is 72.6 cm³/mol. The van der Waals surface area contributed by atoms with E-state index in [1.807, 2.05) is 29.1 Å². The number of aromatic nitrogens is 2. The van der Waals surface area contributed by atoms with Crippen molar-refractivity contribution in [2.24, 2.45) is 5.92 Å². The monoisotopic (exact) mass is 241 g/mol. The van der Waals surface area contributed by atoms with E-state index in [4.69, 9.17) is 0 Å². The second kappa shape index (κ2) is 4.94. The fraction of sp³-hybridized carbons (Fsp3) is 0.400. The standard InChI is InChI=1S/C15H19N3/c1-12-7-14(8-12)16-9-13-10-17-18(11-13)15-5-3-2-4-6-15/h2-6,10-12,14,16H,7-9H2,1H3. The molecule has 0 unspecified atom stereocenters. The Morgan fingerprint density at radius 1 is 1.28 bits per heavy atom. The van der Waals surface area contributed by atoms with E-state index in [1.165, 1.54) is 18.4 Å². The van der Waals surface area contributed by atoms with E-state index in [9.17, 15) is 0 Å². The lowest BCUT2D eigenvalue weighted by atomic mass is 9.82. The molecule has 0 saturated heterocycles. The second-order valence-electron chi connectivity index (χ2n) is 5.28. The molecule has 94 valence electrons. The summed E-state index contributed by atoms with van der Waals surface area (Å²) in [5.41, 5.74) is 2.36.